The molecule has 1 N–H and O–H groups in total. The molecule has 0 aliphatic carbocycles. The molecule has 0 radical (unpaired) electrons. The van der Waals surface area contributed by atoms with Crippen LogP contribution >= 0.6 is 0 Å². The summed E-state index contributed by atoms with van der Waals surface area (Å²) in [5.74, 6) is 0. The van der Waals surface area contributed by atoms with Crippen molar-refractivity contribution in [3.05, 3.63) is 11.6 Å². The summed E-state index contributed by atoms with van der Waals surface area (Å²) in [5.41, 5.74) is 1.24. The molecule has 1 saturated heterocycles. The summed E-state index contributed by atoms with van der Waals surface area (Å²) in [7, 11) is 2.17. The normalized spacial score (nSPS) is 37.5. The van der Waals surface area contributed by atoms with Gasteiger partial charge in [-0.1, -0.05) is 6.08 Å². The van der Waals surface area contributed by atoms with Crippen LogP contribution in [0.4, 0.5) is 0 Å². The third-order valence-corrected chi connectivity index (χ3v) is 3.10. The summed E-state index contributed by atoms with van der Waals surface area (Å²) >= 11 is 0. The molecule has 0 aromatic heterocycles. The van der Waals surface area contributed by atoms with Gasteiger partial charge in [-0.15, -0.1) is 0 Å². The fourth-order valence-electron chi connectivity index (χ4n) is 2.34. The first-order chi connectivity index (χ1) is 5.33. The van der Waals surface area contributed by atoms with E-state index in [2.05, 4.69) is 18.0 Å². The number of hydrogen-bond acceptors (Lipinski definition) is 2. The smallest absolute Gasteiger partial charge is 0.0656 e. The maximum absolute atomic E-state index is 9.03. The zero-order valence-corrected chi connectivity index (χ0v) is 6.95. The number of aliphatic hydroxyl groups is 1. The maximum atomic E-state index is 9.03. The lowest BCUT2D eigenvalue weighted by Gasteiger charge is -2.30. The monoisotopic (exact) mass is 153 g/mol. The zero-order valence-electron chi connectivity index (χ0n) is 6.95. The van der Waals surface area contributed by atoms with Gasteiger partial charge in [-0.25, -0.2) is 0 Å². The number of fused-ring (bicyclic) bond motifs is 2. The van der Waals surface area contributed by atoms with Crippen LogP contribution in [-0.4, -0.2) is 35.7 Å². The molecule has 2 aliphatic heterocycles. The molecule has 2 nitrogen and oxygen atoms in total. The highest BCUT2D eigenvalue weighted by Gasteiger charge is 2.34. The molecule has 2 heteroatoms. The molecule has 1 fully saturated rings. The van der Waals surface area contributed by atoms with Gasteiger partial charge >= 0.3 is 0 Å². The average molecular weight is 153 g/mol. The Morgan fingerprint density at radius 1 is 1.64 bits per heavy atom. The predicted molar refractivity (Wildman–Crippen MR) is 44.4 cm³/mol. The molecule has 11 heavy (non-hydrogen) atoms. The Bertz CT molecular complexity index is 188. The van der Waals surface area contributed by atoms with Gasteiger partial charge in [0.1, 0.15) is 0 Å². The van der Waals surface area contributed by atoms with E-state index in [1.807, 2.05) is 0 Å². The van der Waals surface area contributed by atoms with Gasteiger partial charge in [-0.2, -0.15) is 0 Å². The van der Waals surface area contributed by atoms with Crippen LogP contribution in [0.2, 0.25) is 0 Å². The summed E-state index contributed by atoms with van der Waals surface area (Å²) in [6.07, 6.45) is 5.92. The van der Waals surface area contributed by atoms with Gasteiger partial charge in [0.05, 0.1) is 6.61 Å². The predicted octanol–water partition coefficient (Wildman–Crippen LogP) is 0.772. The van der Waals surface area contributed by atoms with Crippen molar-refractivity contribution in [2.45, 2.75) is 31.3 Å². The van der Waals surface area contributed by atoms with Crippen molar-refractivity contribution in [3.63, 3.8) is 0 Å². The van der Waals surface area contributed by atoms with Crippen LogP contribution < -0.4 is 0 Å². The van der Waals surface area contributed by atoms with Crippen molar-refractivity contribution < 1.29 is 5.11 Å². The minimum absolute atomic E-state index is 0.252. The Hall–Kier alpha value is -0.340. The van der Waals surface area contributed by atoms with E-state index in [1.54, 1.807) is 0 Å². The number of likely N-dealkylation sites (N-methyl/N-ethyl adjacent to an activating group) is 1. The minimum Gasteiger partial charge on any atom is -0.392 e. The SMILES string of the molecule is CN1[C@@H]2CC=C(CO)[C@H]1CC2. The van der Waals surface area contributed by atoms with Crippen molar-refractivity contribution in [1.82, 2.24) is 4.90 Å². The number of nitrogens with zero attached hydrogens (tertiary/aromatic N) is 1. The highest BCUT2D eigenvalue weighted by Crippen LogP contribution is 2.33. The summed E-state index contributed by atoms with van der Waals surface area (Å²) < 4.78 is 0. The fourth-order valence-corrected chi connectivity index (χ4v) is 2.34. The molecule has 0 unspecified atom stereocenters. The van der Waals surface area contributed by atoms with E-state index in [1.165, 1.54) is 18.4 Å². The second kappa shape index (κ2) is 2.61. The summed E-state index contributed by atoms with van der Waals surface area (Å²) in [4.78, 5) is 2.41. The zero-order chi connectivity index (χ0) is 7.84. The Balaban J connectivity index is 2.20. The van der Waals surface area contributed by atoms with E-state index in [4.69, 9.17) is 5.11 Å². The number of hydrogen-bond donors (Lipinski definition) is 1. The topological polar surface area (TPSA) is 23.5 Å². The minimum atomic E-state index is 0.252. The van der Waals surface area contributed by atoms with Crippen molar-refractivity contribution in [3.8, 4) is 0 Å². The highest BCUT2D eigenvalue weighted by molar-refractivity contribution is 5.19. The van der Waals surface area contributed by atoms with Crippen LogP contribution in [0.25, 0.3) is 0 Å². The van der Waals surface area contributed by atoms with Gasteiger partial charge in [-0.3, -0.25) is 4.90 Å². The van der Waals surface area contributed by atoms with E-state index in [0.29, 0.717) is 6.04 Å². The first-order valence-corrected chi connectivity index (χ1v) is 4.34. The van der Waals surface area contributed by atoms with Gasteiger partial charge < -0.3 is 5.11 Å². The van der Waals surface area contributed by atoms with Crippen LogP contribution in [0, 0.1) is 0 Å². The van der Waals surface area contributed by atoms with E-state index in [-0.39, 0.29) is 6.61 Å². The quantitative estimate of drug-likeness (QED) is 0.562. The second-order valence-electron chi connectivity index (χ2n) is 3.59. The van der Waals surface area contributed by atoms with Crippen molar-refractivity contribution in [1.29, 1.82) is 0 Å². The molecule has 2 aliphatic rings. The van der Waals surface area contributed by atoms with E-state index in [9.17, 15) is 0 Å². The molecule has 2 rings (SSSR count). The van der Waals surface area contributed by atoms with Gasteiger partial charge in [0, 0.05) is 12.1 Å². The lowest BCUT2D eigenvalue weighted by atomic mass is 10.0. The molecule has 0 aromatic carbocycles. The van der Waals surface area contributed by atoms with Crippen LogP contribution in [0.1, 0.15) is 19.3 Å². The first kappa shape index (κ1) is 7.32. The van der Waals surface area contributed by atoms with Crippen molar-refractivity contribution >= 4 is 0 Å². The van der Waals surface area contributed by atoms with E-state index in [0.717, 1.165) is 12.5 Å². The van der Waals surface area contributed by atoms with Crippen LogP contribution in [0.15, 0.2) is 11.6 Å². The molecule has 0 aromatic rings. The summed E-state index contributed by atoms with van der Waals surface area (Å²) in [5, 5.41) is 9.03. The summed E-state index contributed by atoms with van der Waals surface area (Å²) in [6.45, 7) is 0.252. The van der Waals surface area contributed by atoms with Gasteiger partial charge in [-0.05, 0) is 31.9 Å². The Morgan fingerprint density at radius 3 is 3.18 bits per heavy atom. The van der Waals surface area contributed by atoms with E-state index >= 15 is 0 Å². The third-order valence-electron chi connectivity index (χ3n) is 3.10. The molecular formula is C9H15NO. The maximum Gasteiger partial charge on any atom is 0.0656 e. The van der Waals surface area contributed by atoms with Crippen molar-refractivity contribution in [2.75, 3.05) is 13.7 Å². The number of aliphatic hydroxyl groups excluding tert-OH is 1. The molecule has 0 spiro atoms. The number of rotatable bonds is 1. The van der Waals surface area contributed by atoms with Crippen molar-refractivity contribution in [2.24, 2.45) is 0 Å². The van der Waals surface area contributed by atoms with Gasteiger partial charge in [0.25, 0.3) is 0 Å². The average Bonchev–Trinajstić information content (AvgIpc) is 2.31. The highest BCUT2D eigenvalue weighted by atomic mass is 16.3. The lowest BCUT2D eigenvalue weighted by molar-refractivity contribution is 0.224. The van der Waals surface area contributed by atoms with Crippen LogP contribution in [-0.2, 0) is 0 Å². The van der Waals surface area contributed by atoms with E-state index < -0.39 is 0 Å². The molecule has 2 atom stereocenters. The Kier molecular flexibility index (Phi) is 1.74. The lowest BCUT2D eigenvalue weighted by Crippen LogP contribution is -2.37. The molecule has 0 amide bonds. The largest absolute Gasteiger partial charge is 0.392 e. The van der Waals surface area contributed by atoms with Gasteiger partial charge in [0.15, 0.2) is 0 Å². The molecule has 2 bridgehead atoms. The molecule has 2 heterocycles. The summed E-state index contributed by atoms with van der Waals surface area (Å²) in [6, 6.07) is 1.31. The third kappa shape index (κ3) is 1.01. The molecule has 0 saturated carbocycles. The second-order valence-corrected chi connectivity index (χ2v) is 3.59. The molecule has 62 valence electrons. The van der Waals surface area contributed by atoms with Crippen LogP contribution in [0.3, 0.4) is 0 Å². The van der Waals surface area contributed by atoms with Crippen LogP contribution in [0.5, 0.6) is 0 Å². The first-order valence-electron chi connectivity index (χ1n) is 4.34. The Labute approximate surface area is 67.5 Å². The van der Waals surface area contributed by atoms with Gasteiger partial charge in [0.2, 0.25) is 0 Å². The molecular weight excluding hydrogens is 138 g/mol. The Morgan fingerprint density at radius 2 is 2.45 bits per heavy atom. The standard InChI is InChI=1S/C9H15NO/c1-10-8-3-2-7(6-11)9(10)5-4-8/h2,8-9,11H,3-6H2,1H3/t8-,9-/m1/s1. The fraction of sp³-hybridized carbons (Fsp3) is 0.778.